The second-order valence-electron chi connectivity index (χ2n) is 5.61. The lowest BCUT2D eigenvalue weighted by Gasteiger charge is -2.21. The summed E-state index contributed by atoms with van der Waals surface area (Å²) in [6.45, 7) is 8.26. The molecule has 0 aliphatic rings. The number of rotatable bonds is 3. The average Bonchev–Trinajstić information content (AvgIpc) is 2.37. The molecule has 0 aliphatic heterocycles. The monoisotopic (exact) mass is 281 g/mol. The van der Waals surface area contributed by atoms with Crippen molar-refractivity contribution in [2.24, 2.45) is 11.6 Å². The molecule has 0 spiro atoms. The van der Waals surface area contributed by atoms with Crippen molar-refractivity contribution < 1.29 is 0 Å². The molecule has 2 aromatic rings. The molecule has 0 radical (unpaired) electrons. The predicted octanol–water partition coefficient (Wildman–Crippen LogP) is 3.56. The Bertz CT molecular complexity index is 646. The fourth-order valence-corrected chi connectivity index (χ4v) is 2.61. The number of hydrogen-bond donors (Lipinski definition) is 2. The summed E-state index contributed by atoms with van der Waals surface area (Å²) in [5.74, 6) is 6.19. The van der Waals surface area contributed by atoms with Crippen LogP contribution in [0.2, 0.25) is 0 Å². The van der Waals surface area contributed by atoms with Crippen LogP contribution in [0.25, 0.3) is 5.70 Å². The van der Waals surface area contributed by atoms with E-state index in [1.807, 2.05) is 24.3 Å². The molecule has 2 aromatic carbocycles. The van der Waals surface area contributed by atoms with E-state index in [-0.39, 0.29) is 0 Å². The number of nitrogens with two attached hydrogens (primary N) is 2. The van der Waals surface area contributed by atoms with E-state index in [0.29, 0.717) is 5.70 Å². The van der Waals surface area contributed by atoms with Gasteiger partial charge in [0.25, 0.3) is 0 Å². The SMILES string of the molecule is Cc1ccc(/C(N)=C/N(N)c2c(C)cc(C)cc2C)cc1. The minimum absolute atomic E-state index is 0.650. The Balaban J connectivity index is 2.34. The highest BCUT2D eigenvalue weighted by atomic mass is 15.4. The second kappa shape index (κ2) is 6.02. The summed E-state index contributed by atoms with van der Waals surface area (Å²) >= 11 is 0. The van der Waals surface area contributed by atoms with Crippen LogP contribution < -0.4 is 16.6 Å². The van der Waals surface area contributed by atoms with Crippen molar-refractivity contribution in [1.29, 1.82) is 0 Å². The van der Waals surface area contributed by atoms with Crippen LogP contribution >= 0.6 is 0 Å². The normalized spacial score (nSPS) is 11.6. The fraction of sp³-hybridized carbons (Fsp3) is 0.222. The lowest BCUT2D eigenvalue weighted by atomic mass is 10.0. The molecule has 0 aromatic heterocycles. The summed E-state index contributed by atoms with van der Waals surface area (Å²) in [7, 11) is 0. The zero-order chi connectivity index (χ0) is 15.6. The third-order valence-electron chi connectivity index (χ3n) is 3.56. The molecule has 21 heavy (non-hydrogen) atoms. The Morgan fingerprint density at radius 2 is 1.43 bits per heavy atom. The van der Waals surface area contributed by atoms with Gasteiger partial charge in [0.05, 0.1) is 11.4 Å². The van der Waals surface area contributed by atoms with Crippen molar-refractivity contribution in [2.75, 3.05) is 5.01 Å². The van der Waals surface area contributed by atoms with Crippen molar-refractivity contribution in [3.05, 3.63) is 70.4 Å². The van der Waals surface area contributed by atoms with E-state index < -0.39 is 0 Å². The molecule has 2 rings (SSSR count). The van der Waals surface area contributed by atoms with Crippen LogP contribution in [0.1, 0.15) is 27.8 Å². The van der Waals surface area contributed by atoms with Crippen LogP contribution in [0.3, 0.4) is 0 Å². The number of aryl methyl sites for hydroxylation is 4. The fourth-order valence-electron chi connectivity index (χ4n) is 2.61. The van der Waals surface area contributed by atoms with E-state index in [1.54, 1.807) is 11.2 Å². The molecule has 0 saturated carbocycles. The third-order valence-corrected chi connectivity index (χ3v) is 3.56. The van der Waals surface area contributed by atoms with Crippen LogP contribution in [0, 0.1) is 27.7 Å². The molecule has 0 aliphatic carbocycles. The van der Waals surface area contributed by atoms with Crippen molar-refractivity contribution >= 4 is 11.4 Å². The van der Waals surface area contributed by atoms with Gasteiger partial charge in [-0.25, -0.2) is 5.84 Å². The van der Waals surface area contributed by atoms with E-state index in [4.69, 9.17) is 11.6 Å². The van der Waals surface area contributed by atoms with Gasteiger partial charge >= 0.3 is 0 Å². The molecule has 0 heterocycles. The molecule has 0 amide bonds. The first-order valence-electron chi connectivity index (χ1n) is 7.04. The number of hydrogen-bond acceptors (Lipinski definition) is 3. The van der Waals surface area contributed by atoms with E-state index in [2.05, 4.69) is 39.8 Å². The van der Waals surface area contributed by atoms with E-state index in [1.165, 1.54) is 11.1 Å². The van der Waals surface area contributed by atoms with Crippen LogP contribution in [0.4, 0.5) is 5.69 Å². The molecule has 3 heteroatoms. The van der Waals surface area contributed by atoms with Gasteiger partial charge in [0.2, 0.25) is 0 Å². The summed E-state index contributed by atoms with van der Waals surface area (Å²) in [5.41, 5.74) is 13.5. The zero-order valence-corrected chi connectivity index (χ0v) is 13.1. The summed E-state index contributed by atoms with van der Waals surface area (Å²) in [5, 5.41) is 1.61. The highest BCUT2D eigenvalue weighted by Gasteiger charge is 2.09. The lowest BCUT2D eigenvalue weighted by Crippen LogP contribution is -2.27. The van der Waals surface area contributed by atoms with E-state index >= 15 is 0 Å². The molecule has 0 saturated heterocycles. The van der Waals surface area contributed by atoms with Gasteiger partial charge in [0.1, 0.15) is 0 Å². The molecular weight excluding hydrogens is 258 g/mol. The zero-order valence-electron chi connectivity index (χ0n) is 13.1. The van der Waals surface area contributed by atoms with E-state index in [0.717, 1.165) is 22.4 Å². The maximum absolute atomic E-state index is 6.19. The largest absolute Gasteiger partial charge is 0.397 e. The number of nitrogens with zero attached hydrogens (tertiary/aromatic N) is 1. The first-order chi connectivity index (χ1) is 9.88. The molecule has 0 atom stereocenters. The molecule has 0 bridgehead atoms. The second-order valence-corrected chi connectivity index (χ2v) is 5.61. The molecule has 0 unspecified atom stereocenters. The van der Waals surface area contributed by atoms with E-state index in [9.17, 15) is 0 Å². The Kier molecular flexibility index (Phi) is 4.34. The van der Waals surface area contributed by atoms with Crippen molar-refractivity contribution in [3.8, 4) is 0 Å². The quantitative estimate of drug-likeness (QED) is 0.668. The minimum Gasteiger partial charge on any atom is -0.397 e. The predicted molar refractivity (Wildman–Crippen MR) is 90.7 cm³/mol. The molecule has 3 nitrogen and oxygen atoms in total. The van der Waals surface area contributed by atoms with Gasteiger partial charge in [-0.3, -0.25) is 5.01 Å². The third kappa shape index (κ3) is 3.44. The maximum atomic E-state index is 6.19. The summed E-state index contributed by atoms with van der Waals surface area (Å²) in [6, 6.07) is 12.3. The van der Waals surface area contributed by atoms with Gasteiger partial charge in [-0.05, 0) is 44.4 Å². The highest BCUT2D eigenvalue weighted by molar-refractivity contribution is 5.69. The van der Waals surface area contributed by atoms with Crippen LogP contribution in [-0.4, -0.2) is 0 Å². The summed E-state index contributed by atoms with van der Waals surface area (Å²) in [4.78, 5) is 0. The van der Waals surface area contributed by atoms with Crippen molar-refractivity contribution in [1.82, 2.24) is 0 Å². The van der Waals surface area contributed by atoms with Gasteiger partial charge in [-0.15, -0.1) is 0 Å². The Morgan fingerprint density at radius 1 is 0.905 bits per heavy atom. The maximum Gasteiger partial charge on any atom is 0.0627 e. The Labute approximate surface area is 126 Å². The lowest BCUT2D eigenvalue weighted by molar-refractivity contribution is 1.05. The average molecular weight is 281 g/mol. The van der Waals surface area contributed by atoms with Crippen molar-refractivity contribution in [3.63, 3.8) is 0 Å². The Morgan fingerprint density at radius 3 is 1.95 bits per heavy atom. The molecule has 0 fully saturated rings. The minimum atomic E-state index is 0.650. The summed E-state index contributed by atoms with van der Waals surface area (Å²) in [6.07, 6.45) is 1.77. The molecule has 4 N–H and O–H groups in total. The van der Waals surface area contributed by atoms with Gasteiger partial charge in [-0.2, -0.15) is 0 Å². The number of anilines is 1. The van der Waals surface area contributed by atoms with Crippen LogP contribution in [0.15, 0.2) is 42.6 Å². The standard InChI is InChI=1S/C18H23N3/c1-12-5-7-16(8-6-12)17(19)11-21(20)18-14(3)9-13(2)10-15(18)4/h5-11H,19-20H2,1-4H3/b17-11-. The molecular formula is C18H23N3. The number of hydrazine groups is 1. The first kappa shape index (κ1) is 15.1. The summed E-state index contributed by atoms with van der Waals surface area (Å²) < 4.78 is 0. The Hall–Kier alpha value is -2.26. The van der Waals surface area contributed by atoms with Gasteiger partial charge in [-0.1, -0.05) is 47.5 Å². The smallest absolute Gasteiger partial charge is 0.0627 e. The molecule has 110 valence electrons. The highest BCUT2D eigenvalue weighted by Crippen LogP contribution is 2.25. The van der Waals surface area contributed by atoms with Crippen LogP contribution in [-0.2, 0) is 0 Å². The first-order valence-corrected chi connectivity index (χ1v) is 7.04. The van der Waals surface area contributed by atoms with Gasteiger partial charge < -0.3 is 5.73 Å². The van der Waals surface area contributed by atoms with Gasteiger partial charge in [0, 0.05) is 6.20 Å². The van der Waals surface area contributed by atoms with Gasteiger partial charge in [0.15, 0.2) is 0 Å². The topological polar surface area (TPSA) is 55.3 Å². The number of benzene rings is 2. The van der Waals surface area contributed by atoms with Crippen LogP contribution in [0.5, 0.6) is 0 Å². The van der Waals surface area contributed by atoms with Crippen molar-refractivity contribution in [2.45, 2.75) is 27.7 Å².